The molecule has 206 valence electrons. The Morgan fingerprint density at radius 1 is 0.947 bits per heavy atom. The van der Waals surface area contributed by atoms with Gasteiger partial charge in [-0.3, -0.25) is 24.0 Å². The summed E-state index contributed by atoms with van der Waals surface area (Å²) in [5.41, 5.74) is 0.824. The third-order valence-corrected chi connectivity index (χ3v) is 8.74. The molecule has 0 spiro atoms. The van der Waals surface area contributed by atoms with Gasteiger partial charge in [0, 0.05) is 36.7 Å². The van der Waals surface area contributed by atoms with Crippen LogP contribution in [0.3, 0.4) is 0 Å². The first-order valence-electron chi connectivity index (χ1n) is 12.8. The number of allylic oxidation sites excluding steroid dienone is 1. The number of fused-ring (bicyclic) bond motifs is 7. The van der Waals surface area contributed by atoms with E-state index in [1.807, 2.05) is 50.3 Å². The molecule has 2 heterocycles. The second-order valence-electron chi connectivity index (χ2n) is 9.68. The van der Waals surface area contributed by atoms with Crippen LogP contribution in [-0.2, 0) is 35.1 Å². The van der Waals surface area contributed by atoms with Gasteiger partial charge in [0.05, 0.1) is 0 Å². The zero-order valence-electron chi connectivity index (χ0n) is 21.6. The third-order valence-electron chi connectivity index (χ3n) is 6.29. The molecule has 2 aliphatic rings. The van der Waals surface area contributed by atoms with Crippen molar-refractivity contribution in [3.8, 4) is 0 Å². The number of carbonyl (C=O) groups is 5. The minimum atomic E-state index is -0.975. The zero-order valence-corrected chi connectivity index (χ0v) is 23.3. The number of rotatable bonds is 3. The molecule has 4 atom stereocenters. The Labute approximate surface area is 231 Å². The Bertz CT molecular complexity index is 1030. The fraction of sp³-hybridized carbons (Fsp3) is 0.519. The quantitative estimate of drug-likeness (QED) is 0.291. The normalized spacial score (nSPS) is 27.5. The maximum atomic E-state index is 13.4. The fourth-order valence-corrected chi connectivity index (χ4v) is 6.31. The molecule has 0 aromatic heterocycles. The molecule has 11 heteroatoms. The van der Waals surface area contributed by atoms with Crippen LogP contribution >= 0.6 is 21.6 Å². The summed E-state index contributed by atoms with van der Waals surface area (Å²) < 4.78 is 5.52. The van der Waals surface area contributed by atoms with E-state index in [-0.39, 0.29) is 36.7 Å². The first-order chi connectivity index (χ1) is 18.2. The molecule has 1 aromatic rings. The summed E-state index contributed by atoms with van der Waals surface area (Å²) in [7, 11) is 3.00. The predicted octanol–water partition coefficient (Wildman–Crippen LogP) is 2.20. The molecular weight excluding hydrogens is 526 g/mol. The molecule has 9 nitrogen and oxygen atoms in total. The van der Waals surface area contributed by atoms with E-state index >= 15 is 0 Å². The highest BCUT2D eigenvalue weighted by Gasteiger charge is 2.32. The molecule has 2 unspecified atom stereocenters. The van der Waals surface area contributed by atoms with Crippen LogP contribution in [0.2, 0.25) is 0 Å². The highest BCUT2D eigenvalue weighted by atomic mass is 33.1. The van der Waals surface area contributed by atoms with Crippen molar-refractivity contribution in [3.05, 3.63) is 48.0 Å². The minimum Gasteiger partial charge on any atom is -0.456 e. The van der Waals surface area contributed by atoms with Crippen molar-refractivity contribution in [2.45, 2.75) is 57.7 Å². The second kappa shape index (κ2) is 15.0. The fourth-order valence-electron chi connectivity index (χ4n) is 4.16. The average molecular weight is 562 g/mol. The number of Topliss-reactive ketones (excluding diaryl/α,β-unsaturated/α-hetero) is 1. The van der Waals surface area contributed by atoms with E-state index in [4.69, 9.17) is 4.74 Å². The van der Waals surface area contributed by atoms with Gasteiger partial charge in [-0.25, -0.2) is 0 Å². The van der Waals surface area contributed by atoms with Gasteiger partial charge >= 0.3 is 5.97 Å². The maximum Gasteiger partial charge on any atom is 0.326 e. The van der Waals surface area contributed by atoms with E-state index in [1.165, 1.54) is 10.8 Å². The number of carbonyl (C=O) groups excluding carboxylic acids is 5. The number of hydrogen-bond donors (Lipinski definition) is 3. The van der Waals surface area contributed by atoms with Crippen molar-refractivity contribution < 1.29 is 28.7 Å². The van der Waals surface area contributed by atoms with Crippen molar-refractivity contribution in [2.24, 2.45) is 11.8 Å². The molecule has 1 aromatic carbocycles. The number of ketones is 1. The molecule has 0 saturated carbocycles. The average Bonchev–Trinajstić information content (AvgIpc) is 2.88. The molecule has 0 radical (unpaired) electrons. The summed E-state index contributed by atoms with van der Waals surface area (Å²) in [4.78, 5) is 65.4. The molecule has 3 N–H and O–H groups in total. The van der Waals surface area contributed by atoms with E-state index in [1.54, 1.807) is 16.9 Å². The standard InChI is InChI=1S/C27H35N3O6S2/c1-17(2)21-14-19(31)13-20-10-6-7-11-37-38-16-23(30-25(21)33)27(35)29-22(12-18-8-4-3-5-9-18)26(34)28-15-24(32)36-20/h3-6,8-10,17,20-23H,7,11-16H2,1-2H3,(H,28,34)(H,29,35)(H,30,33)/b10-6+/t20?,21-,22-,23?/m1/s1. The third kappa shape index (κ3) is 9.50. The number of benzene rings is 1. The molecule has 38 heavy (non-hydrogen) atoms. The van der Waals surface area contributed by atoms with E-state index in [9.17, 15) is 24.0 Å². The molecule has 3 rings (SSSR count). The van der Waals surface area contributed by atoms with Crippen molar-refractivity contribution >= 4 is 51.1 Å². The molecule has 2 bridgehead atoms. The number of hydrogen-bond acceptors (Lipinski definition) is 8. The number of ether oxygens (including phenoxy) is 1. The summed E-state index contributed by atoms with van der Waals surface area (Å²) in [6.07, 6.45) is 3.52. The van der Waals surface area contributed by atoms with Crippen LogP contribution in [0, 0.1) is 11.8 Å². The first-order valence-corrected chi connectivity index (χ1v) is 15.3. The van der Waals surface area contributed by atoms with Crippen LogP contribution in [0.25, 0.3) is 0 Å². The monoisotopic (exact) mass is 561 g/mol. The van der Waals surface area contributed by atoms with E-state index < -0.39 is 54.3 Å². The smallest absolute Gasteiger partial charge is 0.326 e. The van der Waals surface area contributed by atoms with Gasteiger partial charge < -0.3 is 20.7 Å². The topological polar surface area (TPSA) is 131 Å². The highest BCUT2D eigenvalue weighted by molar-refractivity contribution is 8.76. The number of esters is 1. The Hall–Kier alpha value is -2.79. The molecule has 0 aliphatic carbocycles. The van der Waals surface area contributed by atoms with E-state index in [0.29, 0.717) is 6.42 Å². The Balaban J connectivity index is 1.96. The Morgan fingerprint density at radius 2 is 1.71 bits per heavy atom. The second-order valence-corrected chi connectivity index (χ2v) is 12.3. The summed E-state index contributed by atoms with van der Waals surface area (Å²) in [5.74, 6) is -2.17. The lowest BCUT2D eigenvalue weighted by atomic mass is 9.88. The van der Waals surface area contributed by atoms with Gasteiger partial charge in [-0.2, -0.15) is 0 Å². The molecule has 3 amide bonds. The lowest BCUT2D eigenvalue weighted by Gasteiger charge is -2.26. The van der Waals surface area contributed by atoms with Gasteiger partial charge in [-0.15, -0.1) is 0 Å². The minimum absolute atomic E-state index is 0.0327. The largest absolute Gasteiger partial charge is 0.456 e. The van der Waals surface area contributed by atoms with Gasteiger partial charge in [0.15, 0.2) is 0 Å². The maximum absolute atomic E-state index is 13.4. The van der Waals surface area contributed by atoms with Crippen LogP contribution in [0.1, 0.15) is 38.7 Å². The lowest BCUT2D eigenvalue weighted by molar-refractivity contribution is -0.148. The SMILES string of the molecule is CC(C)[C@H]1CC(=O)CC2/C=C/CCSSCC(NC1=O)C(=O)N[C@H](Cc1ccccc1)C(=O)NCC(=O)O2. The van der Waals surface area contributed by atoms with E-state index in [0.717, 1.165) is 11.3 Å². The van der Waals surface area contributed by atoms with Crippen molar-refractivity contribution in [1.29, 1.82) is 0 Å². The molecule has 1 saturated heterocycles. The summed E-state index contributed by atoms with van der Waals surface area (Å²) >= 11 is 0. The van der Waals surface area contributed by atoms with Gasteiger partial charge in [-0.05, 0) is 24.0 Å². The number of amides is 3. The molecular formula is C27H35N3O6S2. The molecule has 1 fully saturated rings. The summed E-state index contributed by atoms with van der Waals surface area (Å²) in [6, 6.07) is 7.32. The highest BCUT2D eigenvalue weighted by Crippen LogP contribution is 2.25. The van der Waals surface area contributed by atoms with Crippen molar-refractivity contribution in [3.63, 3.8) is 0 Å². The summed E-state index contributed by atoms with van der Waals surface area (Å²) in [5, 5.41) is 8.17. The Morgan fingerprint density at radius 3 is 2.45 bits per heavy atom. The van der Waals surface area contributed by atoms with Gasteiger partial charge in [-0.1, -0.05) is 71.8 Å². The van der Waals surface area contributed by atoms with Gasteiger partial charge in [0.1, 0.15) is 30.5 Å². The van der Waals surface area contributed by atoms with Gasteiger partial charge in [0.2, 0.25) is 17.7 Å². The van der Waals surface area contributed by atoms with Crippen LogP contribution in [-0.4, -0.2) is 65.7 Å². The number of nitrogens with one attached hydrogen (secondary N) is 3. The van der Waals surface area contributed by atoms with Crippen molar-refractivity contribution in [2.75, 3.05) is 18.1 Å². The Kier molecular flexibility index (Phi) is 11.7. The first kappa shape index (κ1) is 29.8. The van der Waals surface area contributed by atoms with Crippen LogP contribution in [0.5, 0.6) is 0 Å². The van der Waals surface area contributed by atoms with Crippen LogP contribution < -0.4 is 16.0 Å². The van der Waals surface area contributed by atoms with Crippen LogP contribution in [0.15, 0.2) is 42.5 Å². The van der Waals surface area contributed by atoms with Crippen molar-refractivity contribution in [1.82, 2.24) is 16.0 Å². The molecule has 2 aliphatic heterocycles. The predicted molar refractivity (Wildman–Crippen MR) is 148 cm³/mol. The lowest BCUT2D eigenvalue weighted by Crippen LogP contribution is -2.56. The summed E-state index contributed by atoms with van der Waals surface area (Å²) in [6.45, 7) is 3.29. The van der Waals surface area contributed by atoms with E-state index in [2.05, 4.69) is 16.0 Å². The van der Waals surface area contributed by atoms with Crippen LogP contribution in [0.4, 0.5) is 0 Å². The zero-order chi connectivity index (χ0) is 27.5. The van der Waals surface area contributed by atoms with Gasteiger partial charge in [0.25, 0.3) is 0 Å².